The van der Waals surface area contributed by atoms with E-state index in [-0.39, 0.29) is 11.8 Å². The Morgan fingerprint density at radius 3 is 2.96 bits per heavy atom. The average Bonchev–Trinajstić information content (AvgIpc) is 3.39. The zero-order valence-corrected chi connectivity index (χ0v) is 15.8. The molecule has 1 atom stereocenters. The standard InChI is InChI=1S/C18H24N8O/c1-4-15-20-17(23-21-15)13-10-25(9-12-7-19-22-16(12)13)18(27)14-5-6-26(24-14)8-11(2)3/h5-7,11,13H,4,8-10H2,1-3H3,(H,19,22)(H,20,21,23). The van der Waals surface area contributed by atoms with Gasteiger partial charge in [0, 0.05) is 37.8 Å². The van der Waals surface area contributed by atoms with Crippen LogP contribution in [0.1, 0.15) is 60.1 Å². The molecule has 0 aromatic carbocycles. The molecule has 1 amide bonds. The van der Waals surface area contributed by atoms with Gasteiger partial charge in [0.2, 0.25) is 0 Å². The zero-order valence-electron chi connectivity index (χ0n) is 15.8. The Morgan fingerprint density at radius 2 is 2.22 bits per heavy atom. The summed E-state index contributed by atoms with van der Waals surface area (Å²) in [6.07, 6.45) is 4.42. The smallest absolute Gasteiger partial charge is 0.274 e. The molecule has 9 nitrogen and oxygen atoms in total. The number of rotatable bonds is 5. The van der Waals surface area contributed by atoms with Crippen molar-refractivity contribution in [2.24, 2.45) is 5.92 Å². The van der Waals surface area contributed by atoms with Gasteiger partial charge in [-0.3, -0.25) is 19.7 Å². The van der Waals surface area contributed by atoms with Crippen LogP contribution in [0.25, 0.3) is 0 Å². The van der Waals surface area contributed by atoms with Crippen molar-refractivity contribution in [1.82, 2.24) is 40.1 Å². The zero-order chi connectivity index (χ0) is 19.0. The first-order valence-electron chi connectivity index (χ1n) is 9.31. The molecule has 3 aromatic heterocycles. The molecule has 0 radical (unpaired) electrons. The van der Waals surface area contributed by atoms with Crippen molar-refractivity contribution in [3.63, 3.8) is 0 Å². The summed E-state index contributed by atoms with van der Waals surface area (Å²) in [6, 6.07) is 1.78. The van der Waals surface area contributed by atoms with Gasteiger partial charge in [0.1, 0.15) is 11.5 Å². The highest BCUT2D eigenvalue weighted by molar-refractivity contribution is 5.92. The molecule has 9 heteroatoms. The maximum atomic E-state index is 13.0. The second-order valence-corrected chi connectivity index (χ2v) is 7.36. The van der Waals surface area contributed by atoms with Crippen LogP contribution in [0.15, 0.2) is 18.5 Å². The normalized spacial score (nSPS) is 16.7. The van der Waals surface area contributed by atoms with E-state index in [0.717, 1.165) is 30.0 Å². The fraction of sp³-hybridized carbons (Fsp3) is 0.500. The first-order chi connectivity index (χ1) is 13.0. The minimum absolute atomic E-state index is 0.0828. The maximum absolute atomic E-state index is 13.0. The van der Waals surface area contributed by atoms with Gasteiger partial charge >= 0.3 is 0 Å². The number of aromatic nitrogens is 7. The maximum Gasteiger partial charge on any atom is 0.274 e. The van der Waals surface area contributed by atoms with Gasteiger partial charge in [-0.05, 0) is 12.0 Å². The van der Waals surface area contributed by atoms with Crippen molar-refractivity contribution in [3.05, 3.63) is 47.1 Å². The van der Waals surface area contributed by atoms with Crippen LogP contribution < -0.4 is 0 Å². The third kappa shape index (κ3) is 3.36. The van der Waals surface area contributed by atoms with E-state index in [9.17, 15) is 4.79 Å². The summed E-state index contributed by atoms with van der Waals surface area (Å²) in [5, 5.41) is 19.0. The predicted octanol–water partition coefficient (Wildman–Crippen LogP) is 1.73. The summed E-state index contributed by atoms with van der Waals surface area (Å²) in [6.45, 7) is 8.06. The van der Waals surface area contributed by atoms with E-state index >= 15 is 0 Å². The Hall–Kier alpha value is -2.97. The van der Waals surface area contributed by atoms with Crippen molar-refractivity contribution < 1.29 is 4.79 Å². The molecule has 27 heavy (non-hydrogen) atoms. The molecule has 142 valence electrons. The molecule has 0 saturated heterocycles. The van der Waals surface area contributed by atoms with Crippen LogP contribution in [0.5, 0.6) is 0 Å². The SMILES string of the molecule is CCc1nc(C2CN(C(=O)c3ccn(CC(C)C)n3)Cc3cn[nH]c32)n[nH]1. The van der Waals surface area contributed by atoms with Crippen LogP contribution in [0.3, 0.4) is 0 Å². The summed E-state index contributed by atoms with van der Waals surface area (Å²) >= 11 is 0. The molecule has 4 rings (SSSR count). The average molecular weight is 368 g/mol. The lowest BCUT2D eigenvalue weighted by Gasteiger charge is -2.30. The minimum atomic E-state index is -0.130. The molecular weight excluding hydrogens is 344 g/mol. The molecule has 0 aliphatic carbocycles. The quantitative estimate of drug-likeness (QED) is 0.713. The Kier molecular flexibility index (Phi) is 4.51. The van der Waals surface area contributed by atoms with Crippen LogP contribution in [0, 0.1) is 5.92 Å². The number of fused-ring (bicyclic) bond motifs is 1. The van der Waals surface area contributed by atoms with Crippen molar-refractivity contribution in [3.8, 4) is 0 Å². The second-order valence-electron chi connectivity index (χ2n) is 7.36. The van der Waals surface area contributed by atoms with E-state index in [0.29, 0.717) is 30.5 Å². The predicted molar refractivity (Wildman–Crippen MR) is 98.0 cm³/mol. The van der Waals surface area contributed by atoms with Gasteiger partial charge in [0.05, 0.1) is 17.8 Å². The fourth-order valence-corrected chi connectivity index (χ4v) is 3.43. The number of aryl methyl sites for hydroxylation is 1. The third-order valence-corrected chi connectivity index (χ3v) is 4.76. The number of H-pyrrole nitrogens is 2. The Balaban J connectivity index is 1.59. The molecule has 1 aliphatic heterocycles. The highest BCUT2D eigenvalue weighted by atomic mass is 16.2. The first-order valence-corrected chi connectivity index (χ1v) is 9.31. The van der Waals surface area contributed by atoms with E-state index in [4.69, 9.17) is 0 Å². The van der Waals surface area contributed by atoms with E-state index < -0.39 is 0 Å². The summed E-state index contributed by atoms with van der Waals surface area (Å²) in [7, 11) is 0. The van der Waals surface area contributed by atoms with Crippen molar-refractivity contribution >= 4 is 5.91 Å². The van der Waals surface area contributed by atoms with Crippen LogP contribution in [0.4, 0.5) is 0 Å². The third-order valence-electron chi connectivity index (χ3n) is 4.76. The van der Waals surface area contributed by atoms with E-state index in [1.54, 1.807) is 17.2 Å². The van der Waals surface area contributed by atoms with E-state index in [1.165, 1.54) is 0 Å². The summed E-state index contributed by atoms with van der Waals surface area (Å²) < 4.78 is 1.82. The van der Waals surface area contributed by atoms with Gasteiger partial charge in [-0.2, -0.15) is 15.3 Å². The van der Waals surface area contributed by atoms with Gasteiger partial charge in [0.15, 0.2) is 5.82 Å². The Labute approximate surface area is 157 Å². The Morgan fingerprint density at radius 1 is 1.37 bits per heavy atom. The molecule has 0 saturated carbocycles. The van der Waals surface area contributed by atoms with Crippen molar-refractivity contribution in [2.75, 3.05) is 6.54 Å². The second kappa shape index (κ2) is 6.98. The first kappa shape index (κ1) is 17.4. The van der Waals surface area contributed by atoms with Crippen LogP contribution in [-0.2, 0) is 19.5 Å². The number of carbonyl (C=O) groups excluding carboxylic acids is 1. The summed E-state index contributed by atoms with van der Waals surface area (Å²) in [5.74, 6) is 1.77. The van der Waals surface area contributed by atoms with E-state index in [2.05, 4.69) is 44.3 Å². The monoisotopic (exact) mass is 368 g/mol. The molecule has 0 bridgehead atoms. The van der Waals surface area contributed by atoms with Gasteiger partial charge < -0.3 is 4.90 Å². The lowest BCUT2D eigenvalue weighted by atomic mass is 9.95. The topological polar surface area (TPSA) is 108 Å². The molecule has 2 N–H and O–H groups in total. The Bertz CT molecular complexity index is 937. The molecule has 3 aromatic rings. The molecule has 0 fully saturated rings. The summed E-state index contributed by atoms with van der Waals surface area (Å²) in [4.78, 5) is 19.4. The molecule has 1 unspecified atom stereocenters. The number of amides is 1. The molecule has 0 spiro atoms. The van der Waals surface area contributed by atoms with Crippen LogP contribution >= 0.6 is 0 Å². The summed E-state index contributed by atoms with van der Waals surface area (Å²) in [5.41, 5.74) is 2.43. The van der Waals surface area contributed by atoms with Crippen LogP contribution in [0.2, 0.25) is 0 Å². The molecular formula is C18H24N8O. The van der Waals surface area contributed by atoms with Gasteiger partial charge in [-0.15, -0.1) is 0 Å². The largest absolute Gasteiger partial charge is 0.332 e. The number of hydrogen-bond donors (Lipinski definition) is 2. The minimum Gasteiger partial charge on any atom is -0.332 e. The number of nitrogens with zero attached hydrogens (tertiary/aromatic N) is 6. The fourth-order valence-electron chi connectivity index (χ4n) is 3.43. The van der Waals surface area contributed by atoms with Crippen molar-refractivity contribution in [2.45, 2.75) is 46.2 Å². The lowest BCUT2D eigenvalue weighted by Crippen LogP contribution is -2.39. The highest BCUT2D eigenvalue weighted by Crippen LogP contribution is 2.30. The van der Waals surface area contributed by atoms with Gasteiger partial charge in [-0.25, -0.2) is 4.98 Å². The van der Waals surface area contributed by atoms with Crippen molar-refractivity contribution in [1.29, 1.82) is 0 Å². The van der Waals surface area contributed by atoms with Crippen LogP contribution in [-0.4, -0.2) is 52.5 Å². The van der Waals surface area contributed by atoms with Gasteiger partial charge in [0.25, 0.3) is 5.91 Å². The molecule has 4 heterocycles. The number of hydrogen-bond acceptors (Lipinski definition) is 5. The van der Waals surface area contributed by atoms with Gasteiger partial charge in [-0.1, -0.05) is 20.8 Å². The lowest BCUT2D eigenvalue weighted by molar-refractivity contribution is 0.0716. The number of carbonyl (C=O) groups is 1. The number of nitrogens with one attached hydrogen (secondary N) is 2. The highest BCUT2D eigenvalue weighted by Gasteiger charge is 2.34. The number of aromatic amines is 2. The molecule has 1 aliphatic rings. The van der Waals surface area contributed by atoms with E-state index in [1.807, 2.05) is 17.8 Å².